The number of H-pyrrole nitrogens is 1. The fourth-order valence-corrected chi connectivity index (χ4v) is 3.29. The summed E-state index contributed by atoms with van der Waals surface area (Å²) in [5.41, 5.74) is 1.00. The second-order valence-electron chi connectivity index (χ2n) is 6.25. The zero-order chi connectivity index (χ0) is 17.2. The van der Waals surface area contributed by atoms with E-state index >= 15 is 0 Å². The van der Waals surface area contributed by atoms with E-state index in [1.165, 1.54) is 22.8 Å². The standard InChI is InChI=1S/C18H20N4O3/c23-17-15-12-25-13-16(15)19-18(24)22(17)11-8-20-6-9-21(10-7-20)14-4-2-1-3-5-14/h1-5,12-13H,6-11H2,(H,19,24). The average Bonchev–Trinajstić information content (AvgIpc) is 3.11. The lowest BCUT2D eigenvalue weighted by atomic mass is 10.2. The van der Waals surface area contributed by atoms with Crippen LogP contribution in [-0.4, -0.2) is 47.2 Å². The van der Waals surface area contributed by atoms with Crippen molar-refractivity contribution in [2.75, 3.05) is 37.6 Å². The Balaban J connectivity index is 1.40. The van der Waals surface area contributed by atoms with Gasteiger partial charge in [0.15, 0.2) is 0 Å². The Hall–Kier alpha value is -2.80. The average molecular weight is 340 g/mol. The largest absolute Gasteiger partial charge is 0.470 e. The van der Waals surface area contributed by atoms with E-state index in [9.17, 15) is 9.59 Å². The van der Waals surface area contributed by atoms with Gasteiger partial charge in [-0.25, -0.2) is 4.79 Å². The summed E-state index contributed by atoms with van der Waals surface area (Å²) < 4.78 is 6.26. The normalized spacial score (nSPS) is 15.8. The smallest absolute Gasteiger partial charge is 0.328 e. The van der Waals surface area contributed by atoms with Crippen LogP contribution in [0.2, 0.25) is 0 Å². The number of benzene rings is 1. The van der Waals surface area contributed by atoms with Crippen LogP contribution >= 0.6 is 0 Å². The van der Waals surface area contributed by atoms with Crippen molar-refractivity contribution in [2.45, 2.75) is 6.54 Å². The minimum atomic E-state index is -0.387. The van der Waals surface area contributed by atoms with Crippen LogP contribution in [0.25, 0.3) is 10.9 Å². The fraction of sp³-hybridized carbons (Fsp3) is 0.333. The van der Waals surface area contributed by atoms with Gasteiger partial charge in [-0.1, -0.05) is 18.2 Å². The van der Waals surface area contributed by atoms with Gasteiger partial charge in [0.05, 0.1) is 5.52 Å². The number of aromatic nitrogens is 2. The maximum Gasteiger partial charge on any atom is 0.328 e. The molecule has 7 heteroatoms. The lowest BCUT2D eigenvalue weighted by molar-refractivity contribution is 0.246. The fourth-order valence-electron chi connectivity index (χ4n) is 3.29. The topological polar surface area (TPSA) is 74.5 Å². The lowest BCUT2D eigenvalue weighted by Crippen LogP contribution is -2.48. The van der Waals surface area contributed by atoms with E-state index in [2.05, 4.69) is 26.9 Å². The van der Waals surface area contributed by atoms with E-state index in [4.69, 9.17) is 4.42 Å². The molecule has 0 unspecified atom stereocenters. The van der Waals surface area contributed by atoms with Crippen molar-refractivity contribution in [3.05, 3.63) is 63.7 Å². The zero-order valence-electron chi connectivity index (χ0n) is 13.9. The third-order valence-electron chi connectivity index (χ3n) is 4.76. The molecule has 1 aliphatic heterocycles. The molecule has 130 valence electrons. The number of anilines is 1. The van der Waals surface area contributed by atoms with E-state index in [1.807, 2.05) is 18.2 Å². The molecule has 0 amide bonds. The quantitative estimate of drug-likeness (QED) is 0.770. The highest BCUT2D eigenvalue weighted by molar-refractivity contribution is 5.75. The first kappa shape index (κ1) is 15.7. The molecule has 25 heavy (non-hydrogen) atoms. The number of rotatable bonds is 4. The number of furan rings is 1. The molecule has 0 atom stereocenters. The molecule has 0 radical (unpaired) electrons. The molecule has 1 saturated heterocycles. The van der Waals surface area contributed by atoms with Crippen molar-refractivity contribution < 1.29 is 4.42 Å². The Labute approximate surface area is 144 Å². The SMILES string of the molecule is O=c1[nH]c2cocc2c(=O)n1CCN1CCN(c2ccccc2)CC1. The van der Waals surface area contributed by atoms with Gasteiger partial charge in [-0.3, -0.25) is 14.3 Å². The van der Waals surface area contributed by atoms with E-state index in [-0.39, 0.29) is 11.2 Å². The molecule has 4 rings (SSSR count). The van der Waals surface area contributed by atoms with Crippen LogP contribution < -0.4 is 16.1 Å². The Bertz CT molecular complexity index is 965. The number of aromatic amines is 1. The molecule has 0 saturated carbocycles. The minimum absolute atomic E-state index is 0.296. The zero-order valence-corrected chi connectivity index (χ0v) is 13.9. The van der Waals surface area contributed by atoms with Crippen molar-refractivity contribution in [1.82, 2.24) is 14.5 Å². The first-order valence-electron chi connectivity index (χ1n) is 8.44. The van der Waals surface area contributed by atoms with Crippen LogP contribution in [0.4, 0.5) is 5.69 Å². The summed E-state index contributed by atoms with van der Waals surface area (Å²) in [5, 5.41) is 0.411. The molecular weight excluding hydrogens is 320 g/mol. The van der Waals surface area contributed by atoms with Gasteiger partial charge in [0, 0.05) is 45.0 Å². The van der Waals surface area contributed by atoms with Gasteiger partial charge in [-0.2, -0.15) is 0 Å². The molecule has 1 N–H and O–H groups in total. The van der Waals surface area contributed by atoms with Crippen molar-refractivity contribution in [3.63, 3.8) is 0 Å². The molecule has 2 aromatic heterocycles. The van der Waals surface area contributed by atoms with Gasteiger partial charge in [-0.15, -0.1) is 0 Å². The third-order valence-corrected chi connectivity index (χ3v) is 4.76. The van der Waals surface area contributed by atoms with Crippen LogP contribution in [0, 0.1) is 0 Å². The van der Waals surface area contributed by atoms with Crippen LogP contribution in [0.15, 0.2) is 56.9 Å². The number of nitrogens with one attached hydrogen (secondary N) is 1. The predicted octanol–water partition coefficient (Wildman–Crippen LogP) is 1.10. The number of fused-ring (bicyclic) bond motifs is 1. The van der Waals surface area contributed by atoms with Gasteiger partial charge < -0.3 is 14.3 Å². The van der Waals surface area contributed by atoms with Crippen molar-refractivity contribution in [1.29, 1.82) is 0 Å². The summed E-state index contributed by atoms with van der Waals surface area (Å²) in [5.74, 6) is 0. The molecule has 3 heterocycles. The number of piperazine rings is 1. The van der Waals surface area contributed by atoms with Gasteiger partial charge in [0.2, 0.25) is 0 Å². The maximum atomic E-state index is 12.4. The highest BCUT2D eigenvalue weighted by Gasteiger charge is 2.17. The van der Waals surface area contributed by atoms with Crippen LogP contribution in [0.5, 0.6) is 0 Å². The van der Waals surface area contributed by atoms with E-state index < -0.39 is 0 Å². The summed E-state index contributed by atoms with van der Waals surface area (Å²) >= 11 is 0. The van der Waals surface area contributed by atoms with Gasteiger partial charge in [-0.05, 0) is 12.1 Å². The molecule has 0 aliphatic carbocycles. The summed E-state index contributed by atoms with van der Waals surface area (Å²) in [6.45, 7) is 4.76. The third kappa shape index (κ3) is 3.10. The molecule has 3 aromatic rings. The Morgan fingerprint density at radius 1 is 0.960 bits per heavy atom. The van der Waals surface area contributed by atoms with Gasteiger partial charge >= 0.3 is 5.69 Å². The summed E-state index contributed by atoms with van der Waals surface area (Å²) in [6.07, 6.45) is 2.76. The van der Waals surface area contributed by atoms with E-state index in [0.717, 1.165) is 26.2 Å². The van der Waals surface area contributed by atoms with Crippen molar-refractivity contribution in [2.24, 2.45) is 0 Å². The van der Waals surface area contributed by atoms with Gasteiger partial charge in [0.25, 0.3) is 5.56 Å². The molecule has 1 aromatic carbocycles. The molecular formula is C18H20N4O3. The summed E-state index contributed by atoms with van der Waals surface area (Å²) in [4.78, 5) is 31.8. The summed E-state index contributed by atoms with van der Waals surface area (Å²) in [7, 11) is 0. The summed E-state index contributed by atoms with van der Waals surface area (Å²) in [6, 6.07) is 10.4. The van der Waals surface area contributed by atoms with Crippen molar-refractivity contribution >= 4 is 16.6 Å². The monoisotopic (exact) mass is 340 g/mol. The highest BCUT2D eigenvalue weighted by Crippen LogP contribution is 2.15. The van der Waals surface area contributed by atoms with Crippen LogP contribution in [0.1, 0.15) is 0 Å². The Kier molecular flexibility index (Phi) is 4.15. The van der Waals surface area contributed by atoms with Crippen LogP contribution in [0.3, 0.4) is 0 Å². The maximum absolute atomic E-state index is 12.4. The molecule has 1 fully saturated rings. The number of hydrogen-bond donors (Lipinski definition) is 1. The first-order chi connectivity index (χ1) is 12.2. The molecule has 0 spiro atoms. The molecule has 7 nitrogen and oxygen atoms in total. The van der Waals surface area contributed by atoms with Gasteiger partial charge in [0.1, 0.15) is 17.9 Å². The molecule has 1 aliphatic rings. The van der Waals surface area contributed by atoms with Crippen LogP contribution in [-0.2, 0) is 6.54 Å². The van der Waals surface area contributed by atoms with Crippen molar-refractivity contribution in [3.8, 4) is 0 Å². The Morgan fingerprint density at radius 2 is 1.72 bits per heavy atom. The first-order valence-corrected chi connectivity index (χ1v) is 8.44. The highest BCUT2D eigenvalue weighted by atomic mass is 16.3. The predicted molar refractivity (Wildman–Crippen MR) is 96.2 cm³/mol. The van der Waals surface area contributed by atoms with E-state index in [0.29, 0.717) is 24.0 Å². The Morgan fingerprint density at radius 3 is 2.48 bits per heavy atom. The minimum Gasteiger partial charge on any atom is -0.470 e. The lowest BCUT2D eigenvalue weighted by Gasteiger charge is -2.36. The van der Waals surface area contributed by atoms with E-state index in [1.54, 1.807) is 0 Å². The molecule has 0 bridgehead atoms. The number of para-hydroxylation sites is 1. The second kappa shape index (κ2) is 6.60. The number of hydrogen-bond acceptors (Lipinski definition) is 5. The number of nitrogens with zero attached hydrogens (tertiary/aromatic N) is 3. The second-order valence-corrected chi connectivity index (χ2v) is 6.25.